The summed E-state index contributed by atoms with van der Waals surface area (Å²) in [5.41, 5.74) is 6.88. The molecule has 5 heteroatoms. The number of anilines is 2. The van der Waals surface area contributed by atoms with Crippen LogP contribution >= 0.6 is 0 Å². The maximum absolute atomic E-state index is 12.7. The SMILES string of the molecule is CC(=O)N1c2ccc(C3=CCNCC3)cc2N(Cc2ccccc2CO)CC1C1CC1. The Morgan fingerprint density at radius 2 is 1.94 bits per heavy atom. The first-order valence-corrected chi connectivity index (χ1v) is 11.4. The molecule has 1 unspecified atom stereocenters. The van der Waals surface area contributed by atoms with Crippen molar-refractivity contribution in [1.29, 1.82) is 0 Å². The van der Waals surface area contributed by atoms with E-state index < -0.39 is 0 Å². The van der Waals surface area contributed by atoms with Crippen molar-refractivity contribution >= 4 is 22.9 Å². The van der Waals surface area contributed by atoms with Crippen molar-refractivity contribution in [2.24, 2.45) is 5.92 Å². The van der Waals surface area contributed by atoms with Crippen molar-refractivity contribution in [2.45, 2.75) is 45.4 Å². The number of aliphatic hydroxyl groups is 1. The maximum Gasteiger partial charge on any atom is 0.224 e. The highest BCUT2D eigenvalue weighted by atomic mass is 16.3. The van der Waals surface area contributed by atoms with Crippen molar-refractivity contribution in [3.05, 3.63) is 65.2 Å². The smallest absolute Gasteiger partial charge is 0.224 e. The van der Waals surface area contributed by atoms with Gasteiger partial charge in [0.2, 0.25) is 5.91 Å². The van der Waals surface area contributed by atoms with Gasteiger partial charge in [0.1, 0.15) is 0 Å². The van der Waals surface area contributed by atoms with E-state index in [0.717, 1.165) is 55.1 Å². The van der Waals surface area contributed by atoms with Gasteiger partial charge in [-0.2, -0.15) is 0 Å². The van der Waals surface area contributed by atoms with E-state index >= 15 is 0 Å². The molecule has 0 saturated heterocycles. The van der Waals surface area contributed by atoms with E-state index in [9.17, 15) is 9.90 Å². The van der Waals surface area contributed by atoms with Crippen molar-refractivity contribution in [3.8, 4) is 0 Å². The number of carbonyl (C=O) groups excluding carboxylic acids is 1. The summed E-state index contributed by atoms with van der Waals surface area (Å²) in [6, 6.07) is 14.9. The molecule has 5 rings (SSSR count). The number of aliphatic hydroxyl groups excluding tert-OH is 1. The summed E-state index contributed by atoms with van der Waals surface area (Å²) >= 11 is 0. The van der Waals surface area contributed by atoms with Gasteiger partial charge in [0.05, 0.1) is 24.0 Å². The molecular formula is C26H31N3O2. The molecule has 1 aliphatic carbocycles. The Kier molecular flexibility index (Phi) is 5.55. The lowest BCUT2D eigenvalue weighted by Gasteiger charge is -2.44. The van der Waals surface area contributed by atoms with Crippen molar-refractivity contribution in [3.63, 3.8) is 0 Å². The highest BCUT2D eigenvalue weighted by Gasteiger charge is 2.42. The Bertz CT molecular complexity index is 1010. The molecular weight excluding hydrogens is 386 g/mol. The van der Waals surface area contributed by atoms with Crippen LogP contribution in [0.4, 0.5) is 11.4 Å². The van der Waals surface area contributed by atoms with Gasteiger partial charge in [-0.25, -0.2) is 0 Å². The molecule has 0 radical (unpaired) electrons. The number of nitrogens with one attached hydrogen (secondary N) is 1. The average molecular weight is 418 g/mol. The molecule has 31 heavy (non-hydrogen) atoms. The molecule has 1 atom stereocenters. The third-order valence-corrected chi connectivity index (χ3v) is 6.90. The molecule has 2 aromatic carbocycles. The minimum Gasteiger partial charge on any atom is -0.392 e. The second-order valence-electron chi connectivity index (χ2n) is 8.99. The number of fused-ring (bicyclic) bond motifs is 1. The molecule has 0 aromatic heterocycles. The van der Waals surface area contributed by atoms with Crippen LogP contribution in [0.1, 0.15) is 42.9 Å². The number of amides is 1. The van der Waals surface area contributed by atoms with E-state index in [1.165, 1.54) is 24.0 Å². The van der Waals surface area contributed by atoms with Crippen molar-refractivity contribution in [1.82, 2.24) is 5.32 Å². The van der Waals surface area contributed by atoms with Crippen molar-refractivity contribution < 1.29 is 9.90 Å². The van der Waals surface area contributed by atoms with Gasteiger partial charge in [0.25, 0.3) is 0 Å². The van der Waals surface area contributed by atoms with Crippen LogP contribution in [-0.4, -0.2) is 36.7 Å². The molecule has 1 saturated carbocycles. The first kappa shape index (κ1) is 20.3. The molecule has 3 aliphatic rings. The maximum atomic E-state index is 12.7. The van der Waals surface area contributed by atoms with Gasteiger partial charge >= 0.3 is 0 Å². The Labute approximate surface area is 184 Å². The zero-order valence-electron chi connectivity index (χ0n) is 18.2. The normalized spacial score (nSPS) is 21.0. The predicted octanol–water partition coefficient (Wildman–Crippen LogP) is 3.71. The average Bonchev–Trinajstić information content (AvgIpc) is 3.65. The lowest BCUT2D eigenvalue weighted by atomic mass is 9.95. The van der Waals surface area contributed by atoms with E-state index in [-0.39, 0.29) is 18.6 Å². The van der Waals surface area contributed by atoms with Crippen molar-refractivity contribution in [2.75, 3.05) is 29.4 Å². The number of rotatable bonds is 5. The van der Waals surface area contributed by atoms with Crippen LogP contribution in [0.3, 0.4) is 0 Å². The summed E-state index contributed by atoms with van der Waals surface area (Å²) in [6.07, 6.45) is 5.69. The summed E-state index contributed by atoms with van der Waals surface area (Å²) in [6.45, 7) is 5.22. The summed E-state index contributed by atoms with van der Waals surface area (Å²) < 4.78 is 0. The van der Waals surface area contributed by atoms with Crippen LogP contribution in [0, 0.1) is 5.92 Å². The molecule has 2 aromatic rings. The van der Waals surface area contributed by atoms with Gasteiger partial charge in [0.15, 0.2) is 0 Å². The quantitative estimate of drug-likeness (QED) is 0.779. The molecule has 2 heterocycles. The lowest BCUT2D eigenvalue weighted by Crippen LogP contribution is -2.52. The monoisotopic (exact) mass is 417 g/mol. The minimum atomic E-state index is 0.0441. The van der Waals surface area contributed by atoms with E-state index in [1.807, 2.05) is 23.1 Å². The second kappa shape index (κ2) is 8.48. The Morgan fingerprint density at radius 1 is 1.13 bits per heavy atom. The minimum absolute atomic E-state index is 0.0441. The summed E-state index contributed by atoms with van der Waals surface area (Å²) in [5.74, 6) is 0.710. The van der Waals surface area contributed by atoms with E-state index in [1.54, 1.807) is 6.92 Å². The molecule has 0 bridgehead atoms. The van der Waals surface area contributed by atoms with Crippen LogP contribution in [-0.2, 0) is 17.9 Å². The Morgan fingerprint density at radius 3 is 2.61 bits per heavy atom. The van der Waals surface area contributed by atoms with Gasteiger partial charge in [0, 0.05) is 26.6 Å². The first-order chi connectivity index (χ1) is 15.2. The van der Waals surface area contributed by atoms with Gasteiger partial charge in [-0.15, -0.1) is 0 Å². The van der Waals surface area contributed by atoms with Crippen LogP contribution in [0.2, 0.25) is 0 Å². The van der Waals surface area contributed by atoms with E-state index in [4.69, 9.17) is 0 Å². The molecule has 5 nitrogen and oxygen atoms in total. The molecule has 0 spiro atoms. The van der Waals surface area contributed by atoms with Gasteiger partial charge in [-0.05, 0) is 66.1 Å². The number of hydrogen-bond donors (Lipinski definition) is 2. The van der Waals surface area contributed by atoms with Gasteiger partial charge in [-0.3, -0.25) is 4.79 Å². The zero-order chi connectivity index (χ0) is 21.4. The molecule has 1 fully saturated rings. The van der Waals surface area contributed by atoms with Gasteiger partial charge < -0.3 is 20.2 Å². The van der Waals surface area contributed by atoms with Crippen LogP contribution in [0.5, 0.6) is 0 Å². The van der Waals surface area contributed by atoms with E-state index in [2.05, 4.69) is 40.6 Å². The molecule has 162 valence electrons. The number of benzene rings is 2. The standard InChI is InChI=1S/C26H31N3O2/c1-18(31)29-24-9-8-21(19-10-12-27-13-11-19)14-25(24)28(16-26(29)20-6-7-20)15-22-4-2-3-5-23(22)17-30/h2-5,8-10,14,20,26-27,30H,6-7,11-13,15-17H2,1H3. The highest BCUT2D eigenvalue weighted by Crippen LogP contribution is 2.45. The third-order valence-electron chi connectivity index (χ3n) is 6.90. The second-order valence-corrected chi connectivity index (χ2v) is 8.99. The van der Waals surface area contributed by atoms with Crippen LogP contribution < -0.4 is 15.1 Å². The topological polar surface area (TPSA) is 55.8 Å². The summed E-state index contributed by atoms with van der Waals surface area (Å²) in [7, 11) is 0. The number of hydrogen-bond acceptors (Lipinski definition) is 4. The third kappa shape index (κ3) is 4.00. The van der Waals surface area contributed by atoms with E-state index in [0.29, 0.717) is 5.92 Å². The first-order valence-electron chi connectivity index (χ1n) is 11.4. The fourth-order valence-electron chi connectivity index (χ4n) is 5.11. The number of carbonyl (C=O) groups is 1. The summed E-state index contributed by atoms with van der Waals surface area (Å²) in [4.78, 5) is 17.2. The van der Waals surface area contributed by atoms with Crippen LogP contribution in [0.15, 0.2) is 48.5 Å². The molecule has 1 amide bonds. The highest BCUT2D eigenvalue weighted by molar-refractivity contribution is 5.98. The van der Waals surface area contributed by atoms with Crippen LogP contribution in [0.25, 0.3) is 5.57 Å². The Hall–Kier alpha value is -2.63. The summed E-state index contributed by atoms with van der Waals surface area (Å²) in [5, 5.41) is 13.2. The Balaban J connectivity index is 1.57. The predicted molar refractivity (Wildman–Crippen MR) is 125 cm³/mol. The molecule has 2 N–H and O–H groups in total. The largest absolute Gasteiger partial charge is 0.392 e. The zero-order valence-corrected chi connectivity index (χ0v) is 18.2. The lowest BCUT2D eigenvalue weighted by molar-refractivity contribution is -0.117. The fraction of sp³-hybridized carbons (Fsp3) is 0.423. The molecule has 2 aliphatic heterocycles. The fourth-order valence-corrected chi connectivity index (χ4v) is 5.11. The number of nitrogens with zero attached hydrogens (tertiary/aromatic N) is 2. The van der Waals surface area contributed by atoms with Gasteiger partial charge in [-0.1, -0.05) is 36.4 Å².